The van der Waals surface area contributed by atoms with Crippen molar-refractivity contribution < 1.29 is 17.2 Å². The summed E-state index contributed by atoms with van der Waals surface area (Å²) in [4.78, 5) is 10.2. The number of sulfonamides is 1. The molecule has 6 nitrogen and oxygen atoms in total. The molecule has 1 saturated heterocycles. The van der Waals surface area contributed by atoms with Gasteiger partial charge in [0.2, 0.25) is 0 Å². The van der Waals surface area contributed by atoms with Gasteiger partial charge in [-0.25, -0.2) is 22.2 Å². The van der Waals surface area contributed by atoms with Crippen LogP contribution in [0.1, 0.15) is 28.5 Å². The molecule has 2 heterocycles. The van der Waals surface area contributed by atoms with Crippen molar-refractivity contribution in [1.82, 2.24) is 14.8 Å². The molecule has 3 aromatic rings. The van der Waals surface area contributed by atoms with Crippen molar-refractivity contribution in [1.29, 1.82) is 0 Å². The second-order valence-electron chi connectivity index (χ2n) is 8.67. The molecule has 1 aromatic heterocycles. The average Bonchev–Trinajstić information content (AvgIpc) is 3.18. The smallest absolute Gasteiger partial charge is 0.265 e. The summed E-state index contributed by atoms with van der Waals surface area (Å²) in [7, 11) is -2.18. The molecule has 1 fully saturated rings. The summed E-state index contributed by atoms with van der Waals surface area (Å²) in [5, 5.41) is 0.873. The van der Waals surface area contributed by atoms with Gasteiger partial charge in [0.15, 0.2) is 0 Å². The topological polar surface area (TPSA) is 56.8 Å². The van der Waals surface area contributed by atoms with Crippen molar-refractivity contribution in [3.8, 4) is 0 Å². The summed E-state index contributed by atoms with van der Waals surface area (Å²) in [6.45, 7) is 8.06. The van der Waals surface area contributed by atoms with E-state index >= 15 is 0 Å². The molecule has 35 heavy (non-hydrogen) atoms. The zero-order chi connectivity index (χ0) is 25.3. The Balaban J connectivity index is 1.73. The molecule has 0 amide bonds. The Bertz CT molecular complexity index is 1290. The maximum absolute atomic E-state index is 14.9. The van der Waals surface area contributed by atoms with Crippen LogP contribution in [0.3, 0.4) is 0 Å². The number of nitrogens with zero attached hydrogens (tertiary/aromatic N) is 4. The summed E-state index contributed by atoms with van der Waals surface area (Å²) in [5.74, 6) is -1.59. The monoisotopic (exact) mass is 540 g/mol. The van der Waals surface area contributed by atoms with Crippen molar-refractivity contribution in [2.45, 2.75) is 31.3 Å². The van der Waals surface area contributed by atoms with E-state index in [9.17, 15) is 17.2 Å². The van der Waals surface area contributed by atoms with Gasteiger partial charge in [-0.15, -0.1) is 11.3 Å². The molecule has 1 aliphatic heterocycles. The van der Waals surface area contributed by atoms with E-state index in [1.807, 2.05) is 6.92 Å². The summed E-state index contributed by atoms with van der Waals surface area (Å²) in [6, 6.07) is 7.48. The number of thiazole rings is 1. The fourth-order valence-corrected chi connectivity index (χ4v) is 6.97. The Kier molecular flexibility index (Phi) is 7.77. The van der Waals surface area contributed by atoms with Crippen molar-refractivity contribution in [2.75, 3.05) is 37.5 Å². The lowest BCUT2D eigenvalue weighted by Crippen LogP contribution is -2.43. The lowest BCUT2D eigenvalue weighted by molar-refractivity contribution is 0.149. The largest absolute Gasteiger partial charge is 0.304 e. The Hall–Kier alpha value is -2.11. The van der Waals surface area contributed by atoms with E-state index in [2.05, 4.69) is 21.8 Å². The minimum absolute atomic E-state index is 0.0802. The number of aryl methyl sites for hydroxylation is 1. The third-order valence-electron chi connectivity index (χ3n) is 6.10. The van der Waals surface area contributed by atoms with Crippen molar-refractivity contribution in [2.24, 2.45) is 0 Å². The SMILES string of the molecule is Cc1nc(C(C)N(c2cc(F)ccc2F)S(=O)(=O)c2ccc(Cl)cc2)sc1CN1CCN(C)CC1. The molecule has 0 bridgehead atoms. The number of halogens is 3. The second-order valence-corrected chi connectivity index (χ2v) is 12.0. The van der Waals surface area contributed by atoms with Crippen LogP contribution in [0.15, 0.2) is 47.4 Å². The number of likely N-dealkylation sites (N-methyl/N-ethyl adjacent to an activating group) is 1. The van der Waals surface area contributed by atoms with Crippen molar-refractivity contribution >= 4 is 38.6 Å². The molecule has 4 rings (SSSR count). The van der Waals surface area contributed by atoms with Gasteiger partial charge in [-0.1, -0.05) is 11.6 Å². The molecule has 0 aliphatic carbocycles. The van der Waals surface area contributed by atoms with Gasteiger partial charge in [0.1, 0.15) is 16.6 Å². The van der Waals surface area contributed by atoms with Crippen LogP contribution in [0, 0.1) is 18.6 Å². The average molecular weight is 541 g/mol. The lowest BCUT2D eigenvalue weighted by atomic mass is 10.2. The van der Waals surface area contributed by atoms with Crippen LogP contribution in [0.2, 0.25) is 5.02 Å². The molecule has 0 spiro atoms. The van der Waals surface area contributed by atoms with Gasteiger partial charge in [0, 0.05) is 48.7 Å². The molecule has 0 radical (unpaired) electrons. The van der Waals surface area contributed by atoms with E-state index in [1.54, 1.807) is 6.92 Å². The Morgan fingerprint density at radius 1 is 1.11 bits per heavy atom. The molecular formula is C24H27ClF2N4O2S2. The third kappa shape index (κ3) is 5.67. The standard InChI is InChI=1S/C24H27ClF2N4O2S2/c1-16-23(15-30-12-10-29(3)11-13-30)34-24(28-16)17(2)31(22-14-19(26)6-9-21(22)27)35(32,33)20-7-4-18(25)5-8-20/h4-9,14,17H,10-13,15H2,1-3H3. The number of piperazine rings is 1. The van der Waals surface area contributed by atoms with Gasteiger partial charge < -0.3 is 4.90 Å². The van der Waals surface area contributed by atoms with Crippen molar-refractivity contribution in [3.05, 3.63) is 74.7 Å². The van der Waals surface area contributed by atoms with Crippen LogP contribution in [0.25, 0.3) is 0 Å². The van der Waals surface area contributed by atoms with E-state index in [-0.39, 0.29) is 10.6 Å². The van der Waals surface area contributed by atoms with Crippen LogP contribution < -0.4 is 4.31 Å². The molecular weight excluding hydrogens is 514 g/mol. The Labute approximate surface area is 213 Å². The first-order valence-electron chi connectivity index (χ1n) is 11.2. The quantitative estimate of drug-likeness (QED) is 0.418. The van der Waals surface area contributed by atoms with E-state index in [4.69, 9.17) is 11.6 Å². The van der Waals surface area contributed by atoms with Gasteiger partial charge in [0.05, 0.1) is 22.3 Å². The normalized spacial score (nSPS) is 16.4. The number of aromatic nitrogens is 1. The van der Waals surface area contributed by atoms with E-state index < -0.39 is 27.7 Å². The number of rotatable bonds is 7. The molecule has 1 unspecified atom stereocenters. The molecule has 2 aromatic carbocycles. The number of anilines is 1. The van der Waals surface area contributed by atoms with Crippen LogP contribution in [0.4, 0.5) is 14.5 Å². The third-order valence-corrected chi connectivity index (χ3v) is 9.56. The maximum atomic E-state index is 14.9. The molecule has 1 aliphatic rings. The highest BCUT2D eigenvalue weighted by Gasteiger charge is 2.34. The zero-order valence-electron chi connectivity index (χ0n) is 19.7. The fraction of sp³-hybridized carbons (Fsp3) is 0.375. The molecule has 0 saturated carbocycles. The molecule has 1 atom stereocenters. The zero-order valence-corrected chi connectivity index (χ0v) is 22.1. The summed E-state index contributed by atoms with van der Waals surface area (Å²) >= 11 is 7.34. The first-order chi connectivity index (χ1) is 16.6. The van der Waals surface area contributed by atoms with E-state index in [0.29, 0.717) is 16.6 Å². The van der Waals surface area contributed by atoms with E-state index in [1.165, 1.54) is 35.6 Å². The van der Waals surface area contributed by atoms with Crippen LogP contribution in [-0.2, 0) is 16.6 Å². The molecule has 11 heteroatoms. The van der Waals surface area contributed by atoms with Crippen LogP contribution >= 0.6 is 22.9 Å². The van der Waals surface area contributed by atoms with Gasteiger partial charge in [-0.05, 0) is 57.3 Å². The highest BCUT2D eigenvalue weighted by Crippen LogP contribution is 2.37. The summed E-state index contributed by atoms with van der Waals surface area (Å²) < 4.78 is 57.4. The second kappa shape index (κ2) is 10.5. The first kappa shape index (κ1) is 26.0. The highest BCUT2D eigenvalue weighted by molar-refractivity contribution is 7.92. The van der Waals surface area contributed by atoms with Gasteiger partial charge >= 0.3 is 0 Å². The van der Waals surface area contributed by atoms with Gasteiger partial charge in [-0.3, -0.25) is 9.21 Å². The number of benzene rings is 2. The summed E-state index contributed by atoms with van der Waals surface area (Å²) in [5.41, 5.74) is 0.431. The van der Waals surface area contributed by atoms with E-state index in [0.717, 1.165) is 59.3 Å². The highest BCUT2D eigenvalue weighted by atomic mass is 35.5. The predicted molar refractivity (Wildman–Crippen MR) is 136 cm³/mol. The minimum Gasteiger partial charge on any atom is -0.304 e. The predicted octanol–water partition coefficient (Wildman–Crippen LogP) is 5.09. The molecule has 0 N–H and O–H groups in total. The summed E-state index contributed by atoms with van der Waals surface area (Å²) in [6.07, 6.45) is 0. The number of hydrogen-bond acceptors (Lipinski definition) is 6. The first-order valence-corrected chi connectivity index (χ1v) is 13.8. The van der Waals surface area contributed by atoms with Crippen molar-refractivity contribution in [3.63, 3.8) is 0 Å². The van der Waals surface area contributed by atoms with Gasteiger partial charge in [0.25, 0.3) is 10.0 Å². The van der Waals surface area contributed by atoms with Gasteiger partial charge in [-0.2, -0.15) is 0 Å². The maximum Gasteiger partial charge on any atom is 0.265 e. The fourth-order valence-electron chi connectivity index (χ4n) is 4.01. The van der Waals surface area contributed by atoms with Crippen LogP contribution in [-0.4, -0.2) is 56.4 Å². The Morgan fingerprint density at radius 3 is 2.43 bits per heavy atom. The minimum atomic E-state index is -4.28. The molecule has 188 valence electrons. The number of hydrogen-bond donors (Lipinski definition) is 0. The van der Waals surface area contributed by atoms with Crippen LogP contribution in [0.5, 0.6) is 0 Å². The Morgan fingerprint density at radius 2 is 1.77 bits per heavy atom. The lowest BCUT2D eigenvalue weighted by Gasteiger charge is -2.32.